The molecular weight excluding hydrogens is 568 g/mol. The van der Waals surface area contributed by atoms with Crippen molar-refractivity contribution < 1.29 is 19.4 Å². The summed E-state index contributed by atoms with van der Waals surface area (Å²) in [7, 11) is 0. The van der Waals surface area contributed by atoms with E-state index in [-0.39, 0.29) is 25.1 Å². The lowest BCUT2D eigenvalue weighted by molar-refractivity contribution is 0.102. The van der Waals surface area contributed by atoms with Gasteiger partial charge in [-0.1, -0.05) is 53.6 Å². The van der Waals surface area contributed by atoms with Crippen LogP contribution in [0.25, 0.3) is 22.6 Å². The van der Waals surface area contributed by atoms with E-state index in [4.69, 9.17) is 14.6 Å². The number of nitrogens with one attached hydrogen (secondary N) is 4. The predicted molar refractivity (Wildman–Crippen MR) is 176 cm³/mol. The second-order valence-corrected chi connectivity index (χ2v) is 10.6. The van der Waals surface area contributed by atoms with E-state index in [9.17, 15) is 4.79 Å². The summed E-state index contributed by atoms with van der Waals surface area (Å²) in [4.78, 5) is 13.3. The topological polar surface area (TPSA) is 145 Å². The molecule has 6 N–H and O–H groups in total. The van der Waals surface area contributed by atoms with Crippen molar-refractivity contribution in [2.75, 3.05) is 36.9 Å². The highest BCUT2D eigenvalue weighted by atomic mass is 16.4. The van der Waals surface area contributed by atoms with E-state index in [1.807, 2.05) is 98.8 Å². The van der Waals surface area contributed by atoms with Gasteiger partial charge in [0, 0.05) is 48.7 Å². The van der Waals surface area contributed by atoms with Crippen LogP contribution in [0.2, 0.25) is 0 Å². The van der Waals surface area contributed by atoms with Gasteiger partial charge < -0.3 is 35.9 Å². The SMILES string of the molecule is Cc1c(C(=O)Nc2ccc(CNCCO)cc2)cccc1-c1cccc(-c2nnc(Nc3cccc(CNCCO)c3)o2)c1C. The van der Waals surface area contributed by atoms with Crippen molar-refractivity contribution in [3.8, 4) is 22.6 Å². The van der Waals surface area contributed by atoms with E-state index in [1.165, 1.54) is 0 Å². The number of nitrogens with zero attached hydrogens (tertiary/aromatic N) is 2. The first-order valence-corrected chi connectivity index (χ1v) is 14.9. The van der Waals surface area contributed by atoms with Crippen molar-refractivity contribution in [2.45, 2.75) is 26.9 Å². The summed E-state index contributed by atoms with van der Waals surface area (Å²) in [6.45, 7) is 6.48. The van der Waals surface area contributed by atoms with Crippen molar-refractivity contribution in [2.24, 2.45) is 0 Å². The van der Waals surface area contributed by atoms with Gasteiger partial charge >= 0.3 is 6.01 Å². The molecule has 232 valence electrons. The molecule has 0 aliphatic rings. The Kier molecular flexibility index (Phi) is 10.7. The Morgan fingerprint density at radius 1 is 0.711 bits per heavy atom. The molecule has 1 heterocycles. The van der Waals surface area contributed by atoms with Crippen LogP contribution in [0.3, 0.4) is 0 Å². The number of anilines is 3. The van der Waals surface area contributed by atoms with E-state index in [0.29, 0.717) is 43.3 Å². The molecular formula is C35H38N6O4. The van der Waals surface area contributed by atoms with Crippen LogP contribution in [0.4, 0.5) is 17.4 Å². The fraction of sp³-hybridized carbons (Fsp3) is 0.229. The van der Waals surface area contributed by atoms with Gasteiger partial charge in [-0.3, -0.25) is 4.79 Å². The minimum Gasteiger partial charge on any atom is -0.403 e. The number of aliphatic hydroxyl groups excluding tert-OH is 2. The first kappa shape index (κ1) is 31.6. The van der Waals surface area contributed by atoms with Crippen molar-refractivity contribution in [3.63, 3.8) is 0 Å². The first-order valence-electron chi connectivity index (χ1n) is 14.9. The lowest BCUT2D eigenvalue weighted by Gasteiger charge is -2.15. The normalized spacial score (nSPS) is 11.0. The summed E-state index contributed by atoms with van der Waals surface area (Å²) in [6, 6.07) is 27.4. The van der Waals surface area contributed by atoms with Gasteiger partial charge in [-0.2, -0.15) is 0 Å². The van der Waals surface area contributed by atoms with E-state index in [0.717, 1.165) is 44.6 Å². The third-order valence-electron chi connectivity index (χ3n) is 7.48. The van der Waals surface area contributed by atoms with E-state index >= 15 is 0 Å². The molecule has 0 spiro atoms. The Hall–Kier alpha value is -4.87. The van der Waals surface area contributed by atoms with Gasteiger partial charge in [0.1, 0.15) is 0 Å². The molecule has 10 nitrogen and oxygen atoms in total. The first-order chi connectivity index (χ1) is 22.0. The summed E-state index contributed by atoms with van der Waals surface area (Å²) in [5.74, 6) is 0.203. The van der Waals surface area contributed by atoms with Gasteiger partial charge in [0.25, 0.3) is 5.91 Å². The van der Waals surface area contributed by atoms with Crippen LogP contribution in [0.5, 0.6) is 0 Å². The quantitative estimate of drug-likeness (QED) is 0.0942. The zero-order valence-electron chi connectivity index (χ0n) is 25.4. The molecule has 0 aliphatic carbocycles. The Morgan fingerprint density at radius 3 is 2.09 bits per heavy atom. The van der Waals surface area contributed by atoms with E-state index < -0.39 is 0 Å². The summed E-state index contributed by atoms with van der Waals surface area (Å²) >= 11 is 0. The Morgan fingerprint density at radius 2 is 1.36 bits per heavy atom. The highest BCUT2D eigenvalue weighted by Gasteiger charge is 2.18. The number of aromatic nitrogens is 2. The molecule has 0 fully saturated rings. The molecule has 1 aromatic heterocycles. The van der Waals surface area contributed by atoms with Crippen molar-refractivity contribution >= 4 is 23.3 Å². The maximum absolute atomic E-state index is 13.3. The van der Waals surface area contributed by atoms with Crippen LogP contribution in [-0.4, -0.2) is 52.6 Å². The Bertz CT molecular complexity index is 1730. The lowest BCUT2D eigenvalue weighted by atomic mass is 9.91. The Balaban J connectivity index is 1.31. The summed E-state index contributed by atoms with van der Waals surface area (Å²) in [5.41, 5.74) is 8.77. The van der Waals surface area contributed by atoms with Crippen LogP contribution in [0.1, 0.15) is 32.6 Å². The number of rotatable bonds is 14. The highest BCUT2D eigenvalue weighted by molar-refractivity contribution is 6.06. The molecule has 10 heteroatoms. The standard InChI is InChI=1S/C35H38N6O4/c1-23-29(8-4-10-31(23)33(44)38-27-14-12-25(13-15-27)21-36-16-18-42)30-9-5-11-32(24(30)2)34-40-41-35(45-34)39-28-7-3-6-26(20-28)22-37-17-19-43/h3-15,20,36-37,42-43H,16-19,21-22H2,1-2H3,(H,38,44)(H,39,41). The molecule has 1 amide bonds. The second kappa shape index (κ2) is 15.2. The number of hydrogen-bond donors (Lipinski definition) is 6. The number of hydrogen-bond acceptors (Lipinski definition) is 9. The van der Waals surface area contributed by atoms with Gasteiger partial charge in [0.2, 0.25) is 5.89 Å². The predicted octanol–water partition coefficient (Wildman–Crippen LogP) is 5.18. The molecule has 0 bridgehead atoms. The number of carbonyl (C=O) groups is 1. The van der Waals surface area contributed by atoms with Gasteiger partial charge in [-0.05, 0) is 83.6 Å². The molecule has 0 aliphatic heterocycles. The van der Waals surface area contributed by atoms with E-state index in [1.54, 1.807) is 0 Å². The van der Waals surface area contributed by atoms with Crippen LogP contribution in [-0.2, 0) is 13.1 Å². The van der Waals surface area contributed by atoms with Gasteiger partial charge in [0.15, 0.2) is 0 Å². The number of benzene rings is 4. The van der Waals surface area contributed by atoms with Crippen LogP contribution < -0.4 is 21.3 Å². The highest BCUT2D eigenvalue weighted by Crippen LogP contribution is 2.34. The monoisotopic (exact) mass is 606 g/mol. The third kappa shape index (κ3) is 8.00. The van der Waals surface area contributed by atoms with Gasteiger partial charge in [-0.15, -0.1) is 5.10 Å². The molecule has 5 aromatic rings. The number of amides is 1. The fourth-order valence-electron chi connectivity index (χ4n) is 5.13. The lowest BCUT2D eigenvalue weighted by Crippen LogP contribution is -2.17. The van der Waals surface area contributed by atoms with Crippen LogP contribution >= 0.6 is 0 Å². The van der Waals surface area contributed by atoms with Crippen LogP contribution in [0.15, 0.2) is 89.3 Å². The van der Waals surface area contributed by atoms with Gasteiger partial charge in [-0.25, -0.2) is 0 Å². The molecule has 4 aromatic carbocycles. The van der Waals surface area contributed by atoms with E-state index in [2.05, 4.69) is 31.5 Å². The largest absolute Gasteiger partial charge is 0.403 e. The van der Waals surface area contributed by atoms with Gasteiger partial charge in [0.05, 0.1) is 13.2 Å². The fourth-order valence-corrected chi connectivity index (χ4v) is 5.13. The van der Waals surface area contributed by atoms with Crippen molar-refractivity contribution in [1.29, 1.82) is 0 Å². The molecule has 0 saturated heterocycles. The number of aliphatic hydroxyl groups is 2. The summed E-state index contributed by atoms with van der Waals surface area (Å²) < 4.78 is 6.02. The maximum atomic E-state index is 13.3. The molecule has 0 unspecified atom stereocenters. The summed E-state index contributed by atoms with van der Waals surface area (Å²) in [6.07, 6.45) is 0. The maximum Gasteiger partial charge on any atom is 0.320 e. The molecule has 0 radical (unpaired) electrons. The zero-order chi connectivity index (χ0) is 31.6. The smallest absolute Gasteiger partial charge is 0.320 e. The average Bonchev–Trinajstić information content (AvgIpc) is 3.51. The van der Waals surface area contributed by atoms with Crippen molar-refractivity contribution in [1.82, 2.24) is 20.8 Å². The molecule has 5 rings (SSSR count). The van der Waals surface area contributed by atoms with Crippen molar-refractivity contribution in [3.05, 3.63) is 113 Å². The minimum absolute atomic E-state index is 0.0884. The molecule has 0 saturated carbocycles. The Labute approximate surface area is 262 Å². The molecule has 0 atom stereocenters. The number of carbonyl (C=O) groups excluding carboxylic acids is 1. The minimum atomic E-state index is -0.185. The second-order valence-electron chi connectivity index (χ2n) is 10.6. The van der Waals surface area contributed by atoms with Crippen LogP contribution in [0, 0.1) is 13.8 Å². The third-order valence-corrected chi connectivity index (χ3v) is 7.48. The zero-order valence-corrected chi connectivity index (χ0v) is 25.4. The average molecular weight is 607 g/mol. The molecule has 45 heavy (non-hydrogen) atoms. The summed E-state index contributed by atoms with van der Waals surface area (Å²) in [5, 5.41) is 39.0.